The molecule has 1 unspecified atom stereocenters. The molecule has 2 heterocycles. The highest BCUT2D eigenvalue weighted by atomic mass is 35.5. The highest BCUT2D eigenvalue weighted by molar-refractivity contribution is 7.87. The molecule has 1 N–H and O–H groups in total. The van der Waals surface area contributed by atoms with Crippen LogP contribution in [0.1, 0.15) is 25.3 Å². The second-order valence-corrected chi connectivity index (χ2v) is 9.43. The number of nitrogens with one attached hydrogen (secondary N) is 1. The molecule has 2 aliphatic rings. The van der Waals surface area contributed by atoms with E-state index in [4.69, 9.17) is 0 Å². The molecule has 0 radical (unpaired) electrons. The lowest BCUT2D eigenvalue weighted by Crippen LogP contribution is -2.50. The summed E-state index contributed by atoms with van der Waals surface area (Å²) in [6.45, 7) is 10.7. The van der Waals surface area contributed by atoms with Crippen LogP contribution in [0, 0.1) is 12.8 Å². The maximum Gasteiger partial charge on any atom is 0.279 e. The van der Waals surface area contributed by atoms with Crippen LogP contribution in [0.25, 0.3) is 0 Å². The minimum absolute atomic E-state index is 0. The Balaban J connectivity index is 0.00000261. The largest absolute Gasteiger partial charge is 0.369 e. The molecule has 8 heteroatoms. The van der Waals surface area contributed by atoms with Crippen molar-refractivity contribution in [2.24, 2.45) is 5.92 Å². The summed E-state index contributed by atoms with van der Waals surface area (Å²) in [6.07, 6.45) is 2.08. The summed E-state index contributed by atoms with van der Waals surface area (Å²) in [6, 6.07) is 8.61. The van der Waals surface area contributed by atoms with Gasteiger partial charge in [0.25, 0.3) is 10.2 Å². The van der Waals surface area contributed by atoms with E-state index in [-0.39, 0.29) is 12.4 Å². The minimum Gasteiger partial charge on any atom is -0.369 e. The molecule has 0 spiro atoms. The van der Waals surface area contributed by atoms with Gasteiger partial charge < -0.3 is 4.90 Å². The molecule has 2 fully saturated rings. The second-order valence-electron chi connectivity index (χ2n) is 7.67. The van der Waals surface area contributed by atoms with Crippen molar-refractivity contribution in [2.45, 2.75) is 26.7 Å². The lowest BCUT2D eigenvalue weighted by atomic mass is 10.0. The number of benzene rings is 1. The molecule has 0 aliphatic carbocycles. The van der Waals surface area contributed by atoms with Crippen LogP contribution < -0.4 is 9.62 Å². The van der Waals surface area contributed by atoms with E-state index in [2.05, 4.69) is 52.6 Å². The Morgan fingerprint density at radius 1 is 1.15 bits per heavy atom. The normalized spacial score (nSPS) is 22.4. The van der Waals surface area contributed by atoms with Gasteiger partial charge >= 0.3 is 0 Å². The van der Waals surface area contributed by atoms with Crippen molar-refractivity contribution >= 4 is 28.3 Å². The average Bonchev–Trinajstić information content (AvgIpc) is 2.62. The number of piperidine rings is 1. The molecule has 2 saturated heterocycles. The standard InChI is InChI=1S/C19H32N4O2S.ClH/c1-17-5-3-7-19(15-17)22-13-11-21(12-14-22)10-8-20-26(24,25)23-9-4-6-18(2)16-23;/h3,5,7,15,18,20H,4,6,8-14,16H2,1-2H3;1H. The number of halogens is 1. The number of piperazine rings is 1. The first-order chi connectivity index (χ1) is 12.4. The van der Waals surface area contributed by atoms with Crippen LogP contribution in [-0.4, -0.2) is 70.0 Å². The van der Waals surface area contributed by atoms with E-state index in [1.54, 1.807) is 4.31 Å². The highest BCUT2D eigenvalue weighted by Gasteiger charge is 2.26. The molecule has 2 aliphatic heterocycles. The van der Waals surface area contributed by atoms with Crippen molar-refractivity contribution in [3.63, 3.8) is 0 Å². The molecule has 1 aromatic rings. The number of hydrogen-bond donors (Lipinski definition) is 1. The summed E-state index contributed by atoms with van der Waals surface area (Å²) in [5, 5.41) is 0. The maximum atomic E-state index is 12.4. The predicted molar refractivity (Wildman–Crippen MR) is 114 cm³/mol. The van der Waals surface area contributed by atoms with Gasteiger partial charge in [-0.25, -0.2) is 4.72 Å². The number of anilines is 1. The molecule has 3 rings (SSSR count). The molecule has 154 valence electrons. The van der Waals surface area contributed by atoms with Gasteiger partial charge in [-0.3, -0.25) is 4.90 Å². The van der Waals surface area contributed by atoms with E-state index in [9.17, 15) is 8.42 Å². The van der Waals surface area contributed by atoms with Crippen LogP contribution in [0.3, 0.4) is 0 Å². The second kappa shape index (κ2) is 10.1. The third-order valence-corrected chi connectivity index (χ3v) is 6.99. The van der Waals surface area contributed by atoms with Gasteiger partial charge in [-0.05, 0) is 43.4 Å². The first-order valence-corrected chi connectivity index (χ1v) is 11.2. The number of aryl methyl sites for hydroxylation is 1. The van der Waals surface area contributed by atoms with Crippen molar-refractivity contribution < 1.29 is 8.42 Å². The maximum absolute atomic E-state index is 12.4. The Morgan fingerprint density at radius 2 is 1.89 bits per heavy atom. The molecule has 1 atom stereocenters. The zero-order valence-electron chi connectivity index (χ0n) is 16.4. The van der Waals surface area contributed by atoms with E-state index in [1.165, 1.54) is 11.3 Å². The fraction of sp³-hybridized carbons (Fsp3) is 0.684. The quantitative estimate of drug-likeness (QED) is 0.771. The summed E-state index contributed by atoms with van der Waals surface area (Å²) in [7, 11) is -3.33. The van der Waals surface area contributed by atoms with Gasteiger partial charge in [0.1, 0.15) is 0 Å². The Hall–Kier alpha value is -0.860. The molecule has 0 saturated carbocycles. The molecule has 1 aromatic carbocycles. The van der Waals surface area contributed by atoms with Crippen molar-refractivity contribution in [1.82, 2.24) is 13.9 Å². The molecular weight excluding hydrogens is 384 g/mol. The van der Waals surface area contributed by atoms with Gasteiger partial charge in [0, 0.05) is 58.0 Å². The van der Waals surface area contributed by atoms with Gasteiger partial charge in [0.05, 0.1) is 0 Å². The molecule has 0 amide bonds. The summed E-state index contributed by atoms with van der Waals surface area (Å²) in [5.41, 5.74) is 2.57. The minimum atomic E-state index is -3.33. The average molecular weight is 417 g/mol. The fourth-order valence-corrected chi connectivity index (χ4v) is 5.19. The molecular formula is C19H33ClN4O2S. The number of rotatable bonds is 6. The Labute approximate surface area is 170 Å². The van der Waals surface area contributed by atoms with E-state index in [0.717, 1.165) is 45.6 Å². The predicted octanol–water partition coefficient (Wildman–Crippen LogP) is 2.11. The number of hydrogen-bond acceptors (Lipinski definition) is 4. The van der Waals surface area contributed by atoms with Gasteiger partial charge in [-0.2, -0.15) is 12.7 Å². The summed E-state index contributed by atoms with van der Waals surface area (Å²) < 4.78 is 29.3. The zero-order chi connectivity index (χ0) is 18.6. The van der Waals surface area contributed by atoms with Crippen molar-refractivity contribution in [3.05, 3.63) is 29.8 Å². The van der Waals surface area contributed by atoms with Crippen LogP contribution in [0.5, 0.6) is 0 Å². The lowest BCUT2D eigenvalue weighted by molar-refractivity contribution is 0.257. The van der Waals surface area contributed by atoms with Crippen molar-refractivity contribution in [1.29, 1.82) is 0 Å². The van der Waals surface area contributed by atoms with Crippen molar-refractivity contribution in [3.8, 4) is 0 Å². The van der Waals surface area contributed by atoms with Crippen LogP contribution in [0.2, 0.25) is 0 Å². The monoisotopic (exact) mass is 416 g/mol. The van der Waals surface area contributed by atoms with Gasteiger partial charge in [0.15, 0.2) is 0 Å². The first-order valence-electron chi connectivity index (χ1n) is 9.73. The zero-order valence-corrected chi connectivity index (χ0v) is 18.1. The van der Waals surface area contributed by atoms with Gasteiger partial charge in [-0.15, -0.1) is 12.4 Å². The van der Waals surface area contributed by atoms with E-state index in [1.807, 2.05) is 0 Å². The molecule has 0 bridgehead atoms. The fourth-order valence-electron chi connectivity index (χ4n) is 3.84. The summed E-state index contributed by atoms with van der Waals surface area (Å²) in [5.74, 6) is 0.454. The third-order valence-electron chi connectivity index (χ3n) is 5.41. The summed E-state index contributed by atoms with van der Waals surface area (Å²) >= 11 is 0. The van der Waals surface area contributed by atoms with Crippen LogP contribution in [0.15, 0.2) is 24.3 Å². The SMILES string of the molecule is Cc1cccc(N2CCN(CCNS(=O)(=O)N3CCCC(C)C3)CC2)c1.Cl. The highest BCUT2D eigenvalue weighted by Crippen LogP contribution is 2.18. The van der Waals surface area contributed by atoms with E-state index >= 15 is 0 Å². The smallest absolute Gasteiger partial charge is 0.279 e. The Morgan fingerprint density at radius 3 is 2.56 bits per heavy atom. The first kappa shape index (κ1) is 22.4. The van der Waals surface area contributed by atoms with Crippen molar-refractivity contribution in [2.75, 3.05) is 57.3 Å². The molecule has 27 heavy (non-hydrogen) atoms. The van der Waals surface area contributed by atoms with Crippen LogP contribution in [-0.2, 0) is 10.2 Å². The van der Waals surface area contributed by atoms with E-state index < -0.39 is 10.2 Å². The lowest BCUT2D eigenvalue weighted by Gasteiger charge is -2.36. The molecule has 6 nitrogen and oxygen atoms in total. The van der Waals surface area contributed by atoms with Gasteiger partial charge in [-0.1, -0.05) is 19.1 Å². The van der Waals surface area contributed by atoms with Gasteiger partial charge in [0.2, 0.25) is 0 Å². The molecule has 0 aromatic heterocycles. The topological polar surface area (TPSA) is 55.9 Å². The summed E-state index contributed by atoms with van der Waals surface area (Å²) in [4.78, 5) is 4.75. The number of nitrogens with zero attached hydrogens (tertiary/aromatic N) is 3. The van der Waals surface area contributed by atoms with Crippen LogP contribution >= 0.6 is 12.4 Å². The third kappa shape index (κ3) is 6.32. The van der Waals surface area contributed by atoms with E-state index in [0.29, 0.717) is 25.6 Å². The van der Waals surface area contributed by atoms with Crippen LogP contribution in [0.4, 0.5) is 5.69 Å². The Bertz CT molecular complexity index is 693. The Kier molecular flexibility index (Phi) is 8.37.